The van der Waals surface area contributed by atoms with Crippen molar-refractivity contribution in [3.05, 3.63) is 28.2 Å². The van der Waals surface area contributed by atoms with Gasteiger partial charge in [0.2, 0.25) is 0 Å². The van der Waals surface area contributed by atoms with Crippen LogP contribution in [-0.4, -0.2) is 26.2 Å². The molecule has 1 aromatic carbocycles. The van der Waals surface area contributed by atoms with Crippen LogP contribution in [0.5, 0.6) is 5.75 Å². The maximum Gasteiger partial charge on any atom is 0.133 e. The van der Waals surface area contributed by atoms with Gasteiger partial charge < -0.3 is 15.4 Å². The molecule has 1 aliphatic rings. The molecule has 1 aliphatic heterocycles. The minimum atomic E-state index is 0.353. The average molecular weight is 327 g/mol. The molecule has 19 heavy (non-hydrogen) atoms. The molecule has 106 valence electrons. The minimum Gasteiger partial charge on any atom is -0.496 e. The third-order valence-electron chi connectivity index (χ3n) is 3.76. The predicted molar refractivity (Wildman–Crippen MR) is 82.8 cm³/mol. The van der Waals surface area contributed by atoms with Gasteiger partial charge in [0.05, 0.1) is 11.6 Å². The number of piperidine rings is 1. The third-order valence-corrected chi connectivity index (χ3v) is 4.38. The van der Waals surface area contributed by atoms with Gasteiger partial charge in [-0.2, -0.15) is 0 Å². The van der Waals surface area contributed by atoms with Gasteiger partial charge in [-0.05, 0) is 59.9 Å². The fraction of sp³-hybridized carbons (Fsp3) is 0.600. The van der Waals surface area contributed by atoms with E-state index in [0.29, 0.717) is 12.1 Å². The molecule has 1 saturated heterocycles. The second kappa shape index (κ2) is 7.27. The smallest absolute Gasteiger partial charge is 0.133 e. The van der Waals surface area contributed by atoms with Crippen LogP contribution in [0.15, 0.2) is 22.7 Å². The minimum absolute atomic E-state index is 0.353. The van der Waals surface area contributed by atoms with E-state index in [0.717, 1.165) is 23.3 Å². The lowest BCUT2D eigenvalue weighted by Gasteiger charge is -2.25. The summed E-state index contributed by atoms with van der Waals surface area (Å²) in [6, 6.07) is 7.24. The zero-order chi connectivity index (χ0) is 13.7. The van der Waals surface area contributed by atoms with E-state index in [4.69, 9.17) is 4.74 Å². The Morgan fingerprint density at radius 3 is 2.95 bits per heavy atom. The molecule has 1 heterocycles. The summed E-state index contributed by atoms with van der Waals surface area (Å²) in [6.45, 7) is 4.40. The van der Waals surface area contributed by atoms with E-state index >= 15 is 0 Å². The number of benzene rings is 1. The van der Waals surface area contributed by atoms with Gasteiger partial charge in [0.15, 0.2) is 0 Å². The first kappa shape index (κ1) is 14.8. The number of ether oxygens (including phenoxy) is 1. The van der Waals surface area contributed by atoms with Gasteiger partial charge in [-0.15, -0.1) is 0 Å². The Labute approximate surface area is 124 Å². The predicted octanol–water partition coefficient (Wildman–Crippen LogP) is 3.25. The van der Waals surface area contributed by atoms with Crippen molar-refractivity contribution in [3.63, 3.8) is 0 Å². The lowest BCUT2D eigenvalue weighted by Crippen LogP contribution is -2.42. The summed E-state index contributed by atoms with van der Waals surface area (Å²) in [7, 11) is 1.69. The first-order valence-electron chi connectivity index (χ1n) is 7.01. The maximum absolute atomic E-state index is 5.26. The van der Waals surface area contributed by atoms with Gasteiger partial charge in [-0.25, -0.2) is 0 Å². The molecule has 2 unspecified atom stereocenters. The Balaban J connectivity index is 1.88. The van der Waals surface area contributed by atoms with Crippen molar-refractivity contribution in [1.82, 2.24) is 10.6 Å². The van der Waals surface area contributed by atoms with Gasteiger partial charge in [0.25, 0.3) is 0 Å². The molecule has 1 aromatic rings. The van der Waals surface area contributed by atoms with E-state index in [1.165, 1.54) is 24.8 Å². The first-order valence-corrected chi connectivity index (χ1v) is 7.80. The fourth-order valence-electron chi connectivity index (χ4n) is 2.49. The van der Waals surface area contributed by atoms with E-state index in [9.17, 15) is 0 Å². The number of rotatable bonds is 5. The summed E-state index contributed by atoms with van der Waals surface area (Å²) in [6.07, 6.45) is 3.95. The highest BCUT2D eigenvalue weighted by Crippen LogP contribution is 2.27. The van der Waals surface area contributed by atoms with Crippen LogP contribution in [0.4, 0.5) is 0 Å². The molecule has 0 amide bonds. The van der Waals surface area contributed by atoms with E-state index in [1.54, 1.807) is 7.11 Å². The van der Waals surface area contributed by atoms with Crippen molar-refractivity contribution < 1.29 is 4.74 Å². The van der Waals surface area contributed by atoms with Crippen LogP contribution in [-0.2, 0) is 0 Å². The van der Waals surface area contributed by atoms with Crippen molar-refractivity contribution in [2.24, 2.45) is 0 Å². The third kappa shape index (κ3) is 4.20. The molecule has 4 heteroatoms. The van der Waals surface area contributed by atoms with Crippen LogP contribution in [0.3, 0.4) is 0 Å². The first-order chi connectivity index (χ1) is 9.20. The highest BCUT2D eigenvalue weighted by atomic mass is 79.9. The number of nitrogens with one attached hydrogen (secondary N) is 2. The number of hydrogen-bond acceptors (Lipinski definition) is 3. The Morgan fingerprint density at radius 1 is 1.47 bits per heavy atom. The highest BCUT2D eigenvalue weighted by molar-refractivity contribution is 9.10. The Bertz CT molecular complexity index is 405. The monoisotopic (exact) mass is 326 g/mol. The molecule has 0 saturated carbocycles. The van der Waals surface area contributed by atoms with Crippen molar-refractivity contribution in [2.45, 2.75) is 38.3 Å². The summed E-state index contributed by atoms with van der Waals surface area (Å²) >= 11 is 3.54. The molecule has 0 spiro atoms. The topological polar surface area (TPSA) is 33.3 Å². The summed E-state index contributed by atoms with van der Waals surface area (Å²) in [5.41, 5.74) is 1.28. The quantitative estimate of drug-likeness (QED) is 0.871. The van der Waals surface area contributed by atoms with Crippen molar-refractivity contribution in [3.8, 4) is 5.75 Å². The zero-order valence-electron chi connectivity index (χ0n) is 11.7. The molecule has 2 N–H and O–H groups in total. The Morgan fingerprint density at radius 2 is 2.32 bits per heavy atom. The van der Waals surface area contributed by atoms with Gasteiger partial charge in [0.1, 0.15) is 5.75 Å². The number of halogens is 1. The molecule has 0 bridgehead atoms. The lowest BCUT2D eigenvalue weighted by atomic mass is 10.0. The van der Waals surface area contributed by atoms with Gasteiger partial charge >= 0.3 is 0 Å². The van der Waals surface area contributed by atoms with Crippen molar-refractivity contribution >= 4 is 15.9 Å². The Hall–Kier alpha value is -0.580. The van der Waals surface area contributed by atoms with Crippen molar-refractivity contribution in [1.29, 1.82) is 0 Å². The molecular weight excluding hydrogens is 304 g/mol. The molecule has 0 aromatic heterocycles. The summed E-state index contributed by atoms with van der Waals surface area (Å²) in [5.74, 6) is 0.880. The van der Waals surface area contributed by atoms with Gasteiger partial charge in [-0.3, -0.25) is 0 Å². The summed E-state index contributed by atoms with van der Waals surface area (Å²) in [5, 5.41) is 7.17. The Kier molecular flexibility index (Phi) is 5.67. The maximum atomic E-state index is 5.26. The van der Waals surface area contributed by atoms with Gasteiger partial charge in [0, 0.05) is 18.6 Å². The molecule has 1 fully saturated rings. The van der Waals surface area contributed by atoms with Crippen LogP contribution >= 0.6 is 15.9 Å². The zero-order valence-corrected chi connectivity index (χ0v) is 13.3. The van der Waals surface area contributed by atoms with E-state index in [-0.39, 0.29) is 0 Å². The summed E-state index contributed by atoms with van der Waals surface area (Å²) in [4.78, 5) is 0. The average Bonchev–Trinajstić information content (AvgIpc) is 2.45. The lowest BCUT2D eigenvalue weighted by molar-refractivity contribution is 0.371. The van der Waals surface area contributed by atoms with Crippen LogP contribution < -0.4 is 15.4 Å². The van der Waals surface area contributed by atoms with E-state index < -0.39 is 0 Å². The van der Waals surface area contributed by atoms with Crippen LogP contribution in [0.2, 0.25) is 0 Å². The number of hydrogen-bond donors (Lipinski definition) is 2. The second-order valence-electron chi connectivity index (χ2n) is 5.17. The molecule has 0 aliphatic carbocycles. The molecule has 3 nitrogen and oxygen atoms in total. The molecule has 0 radical (unpaired) electrons. The van der Waals surface area contributed by atoms with E-state index in [1.807, 2.05) is 6.07 Å². The second-order valence-corrected chi connectivity index (χ2v) is 6.03. The standard InChI is InChI=1S/C15H23BrN2O/c1-11(18-10-13-5-3-4-8-17-13)12-6-7-15(19-2)14(16)9-12/h6-7,9,11,13,17-18H,3-5,8,10H2,1-2H3. The largest absolute Gasteiger partial charge is 0.496 e. The van der Waals surface area contributed by atoms with Gasteiger partial charge in [-0.1, -0.05) is 12.5 Å². The number of methoxy groups -OCH3 is 1. The van der Waals surface area contributed by atoms with Crippen LogP contribution in [0.1, 0.15) is 37.8 Å². The normalized spacial score (nSPS) is 21.1. The van der Waals surface area contributed by atoms with Crippen molar-refractivity contribution in [2.75, 3.05) is 20.2 Å². The SMILES string of the molecule is COc1ccc(C(C)NCC2CCCCN2)cc1Br. The molecule has 2 rings (SSSR count). The highest BCUT2D eigenvalue weighted by Gasteiger charge is 2.14. The summed E-state index contributed by atoms with van der Waals surface area (Å²) < 4.78 is 6.27. The van der Waals surface area contributed by atoms with Crippen LogP contribution in [0.25, 0.3) is 0 Å². The fourth-order valence-corrected chi connectivity index (χ4v) is 3.05. The molecule has 2 atom stereocenters. The van der Waals surface area contributed by atoms with E-state index in [2.05, 4.69) is 45.6 Å². The molecular formula is C15H23BrN2O. The van der Waals surface area contributed by atoms with Crippen LogP contribution in [0, 0.1) is 0 Å².